The predicted octanol–water partition coefficient (Wildman–Crippen LogP) is 4.02. The van der Waals surface area contributed by atoms with Crippen molar-refractivity contribution in [3.8, 4) is 0 Å². The molecule has 2 heterocycles. The lowest BCUT2D eigenvalue weighted by molar-refractivity contribution is 0.0526. The first-order valence-corrected chi connectivity index (χ1v) is 8.91. The van der Waals surface area contributed by atoms with Gasteiger partial charge >= 0.3 is 5.97 Å². The number of benzene rings is 1. The Bertz CT molecular complexity index is 962. The highest BCUT2D eigenvalue weighted by atomic mass is 32.1. The number of rotatable bonds is 6. The van der Waals surface area contributed by atoms with Gasteiger partial charge in [0.1, 0.15) is 0 Å². The maximum atomic E-state index is 12.4. The van der Waals surface area contributed by atoms with Crippen molar-refractivity contribution in [2.24, 2.45) is 0 Å². The fraction of sp³-hybridized carbons (Fsp3) is 0.105. The summed E-state index contributed by atoms with van der Waals surface area (Å²) in [5.74, 6) is -1.01. The average Bonchev–Trinajstić information content (AvgIpc) is 3.34. The Kier molecular flexibility index (Phi) is 5.68. The van der Waals surface area contributed by atoms with E-state index in [0.717, 1.165) is 11.3 Å². The number of amides is 2. The molecular formula is C19H16N2O5S. The molecule has 138 valence electrons. The number of esters is 1. The van der Waals surface area contributed by atoms with Gasteiger partial charge in [-0.25, -0.2) is 4.79 Å². The minimum atomic E-state index is -0.451. The fourth-order valence-corrected chi connectivity index (χ4v) is 3.04. The molecule has 0 unspecified atom stereocenters. The van der Waals surface area contributed by atoms with E-state index < -0.39 is 11.9 Å². The molecule has 0 saturated heterocycles. The zero-order chi connectivity index (χ0) is 19.2. The van der Waals surface area contributed by atoms with Crippen molar-refractivity contribution in [3.63, 3.8) is 0 Å². The van der Waals surface area contributed by atoms with Crippen molar-refractivity contribution in [1.29, 1.82) is 0 Å². The van der Waals surface area contributed by atoms with Gasteiger partial charge in [0.2, 0.25) is 0 Å². The standard InChI is InChI=1S/C19H16N2O5S/c1-2-25-19(24)12-5-3-6-13(11-12)20-18(23)15-8-9-16(27-15)21-17(22)14-7-4-10-26-14/h3-11H,2H2,1H3,(H,20,23)(H,21,22). The van der Waals surface area contributed by atoms with Crippen molar-refractivity contribution >= 4 is 39.8 Å². The van der Waals surface area contributed by atoms with Gasteiger partial charge in [-0.1, -0.05) is 6.07 Å². The van der Waals surface area contributed by atoms with Crippen LogP contribution in [-0.2, 0) is 4.74 Å². The van der Waals surface area contributed by atoms with Crippen LogP contribution in [0.3, 0.4) is 0 Å². The molecule has 0 aliphatic rings. The molecule has 27 heavy (non-hydrogen) atoms. The second-order valence-electron chi connectivity index (χ2n) is 5.35. The summed E-state index contributed by atoms with van der Waals surface area (Å²) in [5.41, 5.74) is 0.826. The van der Waals surface area contributed by atoms with Crippen molar-refractivity contribution in [3.05, 3.63) is 71.0 Å². The molecule has 7 nitrogen and oxygen atoms in total. The molecule has 0 atom stereocenters. The van der Waals surface area contributed by atoms with E-state index in [1.807, 2.05) is 0 Å². The maximum Gasteiger partial charge on any atom is 0.338 e. The smallest absolute Gasteiger partial charge is 0.338 e. The van der Waals surface area contributed by atoms with Crippen molar-refractivity contribution in [1.82, 2.24) is 0 Å². The lowest BCUT2D eigenvalue weighted by Gasteiger charge is -2.06. The Morgan fingerprint density at radius 3 is 2.63 bits per heavy atom. The summed E-state index contributed by atoms with van der Waals surface area (Å²) in [5, 5.41) is 5.90. The van der Waals surface area contributed by atoms with Crippen LogP contribution in [-0.4, -0.2) is 24.4 Å². The summed E-state index contributed by atoms with van der Waals surface area (Å²) < 4.78 is 9.97. The zero-order valence-corrected chi connectivity index (χ0v) is 15.2. The van der Waals surface area contributed by atoms with Crippen LogP contribution in [0, 0.1) is 0 Å². The Morgan fingerprint density at radius 1 is 1.04 bits per heavy atom. The van der Waals surface area contributed by atoms with Gasteiger partial charge < -0.3 is 19.8 Å². The number of carbonyl (C=O) groups is 3. The number of furan rings is 1. The lowest BCUT2D eigenvalue weighted by atomic mass is 10.2. The Hall–Kier alpha value is -3.39. The number of anilines is 2. The lowest BCUT2D eigenvalue weighted by Crippen LogP contribution is -2.11. The normalized spacial score (nSPS) is 10.3. The van der Waals surface area contributed by atoms with Crippen LogP contribution in [0.25, 0.3) is 0 Å². The van der Waals surface area contributed by atoms with Crippen LogP contribution >= 0.6 is 11.3 Å². The number of carbonyl (C=O) groups excluding carboxylic acids is 3. The molecule has 0 radical (unpaired) electrons. The molecule has 8 heteroatoms. The Balaban J connectivity index is 1.65. The SMILES string of the molecule is CCOC(=O)c1cccc(NC(=O)c2ccc(NC(=O)c3ccco3)s2)c1. The monoisotopic (exact) mass is 384 g/mol. The quantitative estimate of drug-likeness (QED) is 0.626. The summed E-state index contributed by atoms with van der Waals surface area (Å²) in [6.45, 7) is 2.00. The van der Waals surface area contributed by atoms with Gasteiger partial charge in [0.15, 0.2) is 5.76 Å². The molecule has 0 spiro atoms. The zero-order valence-electron chi connectivity index (χ0n) is 14.4. The molecule has 0 aliphatic carbocycles. The van der Waals surface area contributed by atoms with Crippen LogP contribution in [0.5, 0.6) is 0 Å². The number of thiophene rings is 1. The summed E-state index contributed by atoms with van der Waals surface area (Å²) in [6, 6.07) is 12.9. The summed E-state index contributed by atoms with van der Waals surface area (Å²) >= 11 is 1.13. The third kappa shape index (κ3) is 4.62. The molecule has 0 fully saturated rings. The third-order valence-electron chi connectivity index (χ3n) is 3.44. The average molecular weight is 384 g/mol. The topological polar surface area (TPSA) is 97.6 Å². The van der Waals surface area contributed by atoms with Gasteiger partial charge in [-0.05, 0) is 49.4 Å². The number of hydrogen-bond acceptors (Lipinski definition) is 6. The fourth-order valence-electron chi connectivity index (χ4n) is 2.24. The van der Waals surface area contributed by atoms with Crippen LogP contribution in [0.4, 0.5) is 10.7 Å². The van der Waals surface area contributed by atoms with E-state index in [0.29, 0.717) is 21.1 Å². The maximum absolute atomic E-state index is 12.4. The molecule has 1 aromatic carbocycles. The summed E-state index contributed by atoms with van der Waals surface area (Å²) in [7, 11) is 0. The molecule has 3 rings (SSSR count). The molecule has 3 aromatic rings. The van der Waals surface area contributed by atoms with E-state index in [-0.39, 0.29) is 18.3 Å². The first-order chi connectivity index (χ1) is 13.1. The van der Waals surface area contributed by atoms with E-state index in [1.165, 1.54) is 6.26 Å². The molecule has 2 N–H and O–H groups in total. The van der Waals surface area contributed by atoms with Crippen LogP contribution in [0.15, 0.2) is 59.2 Å². The number of ether oxygens (including phenoxy) is 1. The number of nitrogens with one attached hydrogen (secondary N) is 2. The molecule has 0 saturated carbocycles. The van der Waals surface area contributed by atoms with E-state index in [2.05, 4.69) is 10.6 Å². The van der Waals surface area contributed by atoms with E-state index in [4.69, 9.17) is 9.15 Å². The highest BCUT2D eigenvalue weighted by Gasteiger charge is 2.14. The third-order valence-corrected chi connectivity index (χ3v) is 4.44. The molecule has 0 aliphatic heterocycles. The first-order valence-electron chi connectivity index (χ1n) is 8.10. The Morgan fingerprint density at radius 2 is 1.89 bits per heavy atom. The van der Waals surface area contributed by atoms with Gasteiger partial charge in [-0.2, -0.15) is 0 Å². The van der Waals surface area contributed by atoms with Gasteiger partial charge in [0, 0.05) is 5.69 Å². The second kappa shape index (κ2) is 8.33. The second-order valence-corrected chi connectivity index (χ2v) is 6.43. The molecular weight excluding hydrogens is 368 g/mol. The van der Waals surface area contributed by atoms with E-state index in [1.54, 1.807) is 55.5 Å². The van der Waals surface area contributed by atoms with Crippen molar-refractivity contribution in [2.45, 2.75) is 6.92 Å². The largest absolute Gasteiger partial charge is 0.462 e. The van der Waals surface area contributed by atoms with Gasteiger partial charge in [0.05, 0.1) is 28.3 Å². The summed E-state index contributed by atoms with van der Waals surface area (Å²) in [4.78, 5) is 36.5. The van der Waals surface area contributed by atoms with E-state index >= 15 is 0 Å². The van der Waals surface area contributed by atoms with Gasteiger partial charge in [0.25, 0.3) is 11.8 Å². The first kappa shape index (κ1) is 18.4. The predicted molar refractivity (Wildman–Crippen MR) is 101 cm³/mol. The number of hydrogen-bond donors (Lipinski definition) is 2. The van der Waals surface area contributed by atoms with Crippen LogP contribution in [0.1, 0.15) is 37.5 Å². The highest BCUT2D eigenvalue weighted by Crippen LogP contribution is 2.24. The molecule has 2 amide bonds. The molecule has 2 aromatic heterocycles. The summed E-state index contributed by atoms with van der Waals surface area (Å²) in [6.07, 6.45) is 1.41. The Labute approximate surface area is 159 Å². The van der Waals surface area contributed by atoms with Crippen molar-refractivity contribution in [2.75, 3.05) is 17.2 Å². The minimum Gasteiger partial charge on any atom is -0.462 e. The highest BCUT2D eigenvalue weighted by molar-refractivity contribution is 7.18. The molecule has 0 bridgehead atoms. The van der Waals surface area contributed by atoms with Gasteiger partial charge in [-0.15, -0.1) is 11.3 Å². The van der Waals surface area contributed by atoms with Crippen molar-refractivity contribution < 1.29 is 23.5 Å². The van der Waals surface area contributed by atoms with Crippen LogP contribution in [0.2, 0.25) is 0 Å². The van der Waals surface area contributed by atoms with Crippen LogP contribution < -0.4 is 10.6 Å². The van der Waals surface area contributed by atoms with Gasteiger partial charge in [-0.3, -0.25) is 9.59 Å². The minimum absolute atomic E-state index is 0.185. The van der Waals surface area contributed by atoms with E-state index in [9.17, 15) is 14.4 Å².